The van der Waals surface area contributed by atoms with Crippen LogP contribution in [0, 0.1) is 5.82 Å². The summed E-state index contributed by atoms with van der Waals surface area (Å²) in [4.78, 5) is 14.9. The third kappa shape index (κ3) is 4.20. The molecule has 0 aromatic heterocycles. The number of hydrogen-bond donors (Lipinski definition) is 1. The lowest BCUT2D eigenvalue weighted by molar-refractivity contribution is -0.136. The second-order valence-electron chi connectivity index (χ2n) is 5.13. The van der Waals surface area contributed by atoms with Gasteiger partial charge in [0.25, 0.3) is 0 Å². The molecule has 0 aliphatic carbocycles. The van der Waals surface area contributed by atoms with Crippen LogP contribution in [0.15, 0.2) is 24.3 Å². The molecule has 1 aliphatic heterocycles. The van der Waals surface area contributed by atoms with E-state index < -0.39 is 5.97 Å². The summed E-state index contributed by atoms with van der Waals surface area (Å²) >= 11 is 0. The summed E-state index contributed by atoms with van der Waals surface area (Å²) in [5.41, 5.74) is 0.493. The number of halogens is 1. The van der Waals surface area contributed by atoms with Crippen LogP contribution in [-0.4, -0.2) is 48.7 Å². The molecule has 1 saturated heterocycles. The van der Waals surface area contributed by atoms with Crippen LogP contribution in [0.25, 0.3) is 0 Å². The Hall–Kier alpha value is -1.62. The van der Waals surface area contributed by atoms with Gasteiger partial charge in [-0.15, -0.1) is 0 Å². The van der Waals surface area contributed by atoms with Crippen LogP contribution in [0.3, 0.4) is 0 Å². The van der Waals surface area contributed by atoms with E-state index in [1.807, 2.05) is 4.90 Å². The second-order valence-corrected chi connectivity index (χ2v) is 5.13. The van der Waals surface area contributed by atoms with Gasteiger partial charge in [-0.25, -0.2) is 4.39 Å². The van der Waals surface area contributed by atoms with Gasteiger partial charge in [0.1, 0.15) is 5.82 Å². The molecule has 20 heavy (non-hydrogen) atoms. The van der Waals surface area contributed by atoms with Gasteiger partial charge in [-0.2, -0.15) is 0 Å². The molecule has 110 valence electrons. The number of carboxylic acid groups (broad SMARTS) is 1. The van der Waals surface area contributed by atoms with E-state index in [4.69, 9.17) is 5.11 Å². The normalized spacial score (nSPS) is 15.4. The lowest BCUT2D eigenvalue weighted by Gasteiger charge is -2.27. The van der Waals surface area contributed by atoms with Crippen molar-refractivity contribution in [3.8, 4) is 0 Å². The first-order valence-corrected chi connectivity index (χ1v) is 7.10. The van der Waals surface area contributed by atoms with E-state index >= 15 is 0 Å². The summed E-state index contributed by atoms with van der Waals surface area (Å²) in [6.07, 6.45) is 2.46. The van der Waals surface area contributed by atoms with Crippen LogP contribution in [-0.2, 0) is 4.79 Å². The molecule has 0 radical (unpaired) electrons. The minimum atomic E-state index is -0.854. The summed E-state index contributed by atoms with van der Waals surface area (Å²) in [5, 5.41) is 8.83. The molecule has 0 spiro atoms. The zero-order chi connectivity index (χ0) is 14.4. The fourth-order valence-electron chi connectivity index (χ4n) is 2.56. The van der Waals surface area contributed by atoms with E-state index in [-0.39, 0.29) is 12.2 Å². The summed E-state index contributed by atoms with van der Waals surface area (Å²) in [6.45, 7) is 4.03. The topological polar surface area (TPSA) is 43.8 Å². The number of hydrogen-bond acceptors (Lipinski definition) is 3. The van der Waals surface area contributed by atoms with E-state index in [0.717, 1.165) is 19.6 Å². The van der Waals surface area contributed by atoms with Crippen molar-refractivity contribution in [2.75, 3.05) is 37.6 Å². The van der Waals surface area contributed by atoms with Crippen molar-refractivity contribution in [2.45, 2.75) is 19.3 Å². The Labute approximate surface area is 118 Å². The molecule has 1 aliphatic rings. The number of nitrogens with zero attached hydrogens (tertiary/aromatic N) is 2. The molecule has 0 bridgehead atoms. The number of carbonyl (C=O) groups is 1. The maximum absolute atomic E-state index is 13.9. The summed E-state index contributed by atoms with van der Waals surface area (Å²) in [5.74, 6) is -1.15. The van der Waals surface area contributed by atoms with Gasteiger partial charge < -0.3 is 14.9 Å². The average Bonchev–Trinajstić information content (AvgIpc) is 2.93. The Balaban J connectivity index is 1.99. The van der Waals surface area contributed by atoms with Gasteiger partial charge in [-0.3, -0.25) is 4.79 Å². The number of anilines is 1. The quantitative estimate of drug-likeness (QED) is 0.831. The van der Waals surface area contributed by atoms with Crippen molar-refractivity contribution in [1.82, 2.24) is 4.90 Å². The molecule has 1 aromatic rings. The Morgan fingerprint density at radius 3 is 2.60 bits per heavy atom. The SMILES string of the molecule is O=C(O)CCN(CCN1CCCC1)c1ccccc1F. The number of carboxylic acids is 1. The predicted octanol–water partition coefficient (Wildman–Crippen LogP) is 2.20. The zero-order valence-corrected chi connectivity index (χ0v) is 11.6. The highest BCUT2D eigenvalue weighted by atomic mass is 19.1. The predicted molar refractivity (Wildman–Crippen MR) is 76.5 cm³/mol. The van der Waals surface area contributed by atoms with E-state index in [9.17, 15) is 9.18 Å². The van der Waals surface area contributed by atoms with Gasteiger partial charge in [0.2, 0.25) is 0 Å². The highest BCUT2D eigenvalue weighted by Crippen LogP contribution is 2.19. The van der Waals surface area contributed by atoms with Crippen LogP contribution in [0.1, 0.15) is 19.3 Å². The van der Waals surface area contributed by atoms with Gasteiger partial charge in [-0.1, -0.05) is 12.1 Å². The number of rotatable bonds is 7. The molecule has 1 aromatic carbocycles. The highest BCUT2D eigenvalue weighted by molar-refractivity contribution is 5.67. The van der Waals surface area contributed by atoms with E-state index in [1.54, 1.807) is 18.2 Å². The molecule has 5 heteroatoms. The van der Waals surface area contributed by atoms with Crippen LogP contribution in [0.4, 0.5) is 10.1 Å². The van der Waals surface area contributed by atoms with Crippen molar-refractivity contribution in [3.05, 3.63) is 30.1 Å². The van der Waals surface area contributed by atoms with Crippen LogP contribution >= 0.6 is 0 Å². The molecule has 1 heterocycles. The summed E-state index contributed by atoms with van der Waals surface area (Å²) < 4.78 is 13.9. The van der Waals surface area contributed by atoms with E-state index in [2.05, 4.69) is 4.90 Å². The third-order valence-corrected chi connectivity index (χ3v) is 3.67. The molecule has 0 saturated carbocycles. The Kier molecular flexibility index (Phi) is 5.35. The molecule has 0 atom stereocenters. The number of aliphatic carboxylic acids is 1. The molecule has 1 fully saturated rings. The van der Waals surface area contributed by atoms with Crippen molar-refractivity contribution < 1.29 is 14.3 Å². The highest BCUT2D eigenvalue weighted by Gasteiger charge is 2.16. The first kappa shape index (κ1) is 14.8. The number of para-hydroxylation sites is 1. The Morgan fingerprint density at radius 1 is 1.25 bits per heavy atom. The summed E-state index contributed by atoms with van der Waals surface area (Å²) in [7, 11) is 0. The summed E-state index contributed by atoms with van der Waals surface area (Å²) in [6, 6.07) is 6.55. The van der Waals surface area contributed by atoms with Gasteiger partial charge in [0.15, 0.2) is 0 Å². The minimum Gasteiger partial charge on any atom is -0.481 e. The fourth-order valence-corrected chi connectivity index (χ4v) is 2.56. The molecule has 4 nitrogen and oxygen atoms in total. The standard InChI is InChI=1S/C15H21FN2O2/c16-13-5-1-2-6-14(13)18(10-7-15(19)20)12-11-17-8-3-4-9-17/h1-2,5-6H,3-4,7-12H2,(H,19,20). The van der Waals surface area contributed by atoms with E-state index in [1.165, 1.54) is 18.9 Å². The van der Waals surface area contributed by atoms with Gasteiger partial charge in [0.05, 0.1) is 12.1 Å². The van der Waals surface area contributed by atoms with Gasteiger partial charge in [0, 0.05) is 19.6 Å². The van der Waals surface area contributed by atoms with Crippen LogP contribution in [0.2, 0.25) is 0 Å². The Bertz CT molecular complexity index is 447. The fraction of sp³-hybridized carbons (Fsp3) is 0.533. The lowest BCUT2D eigenvalue weighted by Crippen LogP contribution is -2.35. The van der Waals surface area contributed by atoms with Gasteiger partial charge in [-0.05, 0) is 38.1 Å². The number of likely N-dealkylation sites (tertiary alicyclic amines) is 1. The second kappa shape index (κ2) is 7.24. The molecule has 0 amide bonds. The third-order valence-electron chi connectivity index (χ3n) is 3.67. The largest absolute Gasteiger partial charge is 0.481 e. The van der Waals surface area contributed by atoms with Crippen LogP contribution < -0.4 is 4.90 Å². The monoisotopic (exact) mass is 280 g/mol. The Morgan fingerprint density at radius 2 is 1.95 bits per heavy atom. The van der Waals surface area contributed by atoms with Crippen LogP contribution in [0.5, 0.6) is 0 Å². The molecule has 1 N–H and O–H groups in total. The lowest BCUT2D eigenvalue weighted by atomic mass is 10.2. The molecular weight excluding hydrogens is 259 g/mol. The van der Waals surface area contributed by atoms with Crippen molar-refractivity contribution in [1.29, 1.82) is 0 Å². The molecule has 0 unspecified atom stereocenters. The smallest absolute Gasteiger partial charge is 0.305 e. The molecular formula is C15H21FN2O2. The van der Waals surface area contributed by atoms with E-state index in [0.29, 0.717) is 18.8 Å². The van der Waals surface area contributed by atoms with Crippen molar-refractivity contribution >= 4 is 11.7 Å². The van der Waals surface area contributed by atoms with Crippen molar-refractivity contribution in [3.63, 3.8) is 0 Å². The van der Waals surface area contributed by atoms with Gasteiger partial charge >= 0.3 is 5.97 Å². The minimum absolute atomic E-state index is 0.0222. The average molecular weight is 280 g/mol. The zero-order valence-electron chi connectivity index (χ0n) is 11.6. The first-order chi connectivity index (χ1) is 9.66. The number of benzene rings is 1. The first-order valence-electron chi connectivity index (χ1n) is 7.10. The van der Waals surface area contributed by atoms with Crippen molar-refractivity contribution in [2.24, 2.45) is 0 Å². The molecule has 2 rings (SSSR count). The maximum Gasteiger partial charge on any atom is 0.305 e. The maximum atomic E-state index is 13.9.